The van der Waals surface area contributed by atoms with Crippen LogP contribution >= 0.6 is 0 Å². The Kier molecular flexibility index (Phi) is 4.85. The predicted molar refractivity (Wildman–Crippen MR) is 81.1 cm³/mol. The van der Waals surface area contributed by atoms with Crippen molar-refractivity contribution >= 4 is 6.09 Å². The highest BCUT2D eigenvalue weighted by atomic mass is 16.4. The molecule has 0 aliphatic carbocycles. The van der Waals surface area contributed by atoms with E-state index in [0.717, 1.165) is 12.1 Å². The Morgan fingerprint density at radius 2 is 1.86 bits per heavy atom. The molecule has 2 rings (SSSR count). The molecule has 5 heteroatoms. The zero-order valence-electron chi connectivity index (χ0n) is 12.9. The Morgan fingerprint density at radius 1 is 1.24 bits per heavy atom. The maximum absolute atomic E-state index is 11.2. The highest BCUT2D eigenvalue weighted by Gasteiger charge is 2.34. The second kappa shape index (κ2) is 6.45. The number of hydrogen-bond donors (Lipinski definition) is 2. The van der Waals surface area contributed by atoms with Gasteiger partial charge in [-0.25, -0.2) is 4.79 Å². The van der Waals surface area contributed by atoms with Gasteiger partial charge in [-0.05, 0) is 31.9 Å². The number of aliphatic hydroxyl groups is 1. The van der Waals surface area contributed by atoms with Crippen LogP contribution in [0.15, 0.2) is 24.3 Å². The van der Waals surface area contributed by atoms with Gasteiger partial charge in [0.1, 0.15) is 0 Å². The number of carbonyl (C=O) groups is 1. The van der Waals surface area contributed by atoms with Crippen LogP contribution in [0.3, 0.4) is 0 Å². The monoisotopic (exact) mass is 292 g/mol. The lowest BCUT2D eigenvalue weighted by Crippen LogP contribution is -2.58. The van der Waals surface area contributed by atoms with Crippen LogP contribution in [-0.2, 0) is 6.61 Å². The highest BCUT2D eigenvalue weighted by Crippen LogP contribution is 2.27. The zero-order valence-corrected chi connectivity index (χ0v) is 12.9. The molecule has 0 spiro atoms. The predicted octanol–water partition coefficient (Wildman–Crippen LogP) is 2.31. The molecule has 1 heterocycles. The van der Waals surface area contributed by atoms with E-state index in [1.54, 1.807) is 0 Å². The third kappa shape index (κ3) is 3.36. The number of hydrogen-bond acceptors (Lipinski definition) is 3. The Bertz CT molecular complexity index is 489. The van der Waals surface area contributed by atoms with Gasteiger partial charge in [-0.2, -0.15) is 0 Å². The van der Waals surface area contributed by atoms with Crippen LogP contribution in [0.1, 0.15) is 37.9 Å². The van der Waals surface area contributed by atoms with Crippen molar-refractivity contribution in [3.8, 4) is 0 Å². The van der Waals surface area contributed by atoms with E-state index in [1.807, 2.05) is 31.2 Å². The first-order valence-electron chi connectivity index (χ1n) is 7.39. The van der Waals surface area contributed by atoms with Gasteiger partial charge in [0.25, 0.3) is 0 Å². The van der Waals surface area contributed by atoms with Crippen LogP contribution < -0.4 is 0 Å². The summed E-state index contributed by atoms with van der Waals surface area (Å²) in [7, 11) is 0. The molecule has 0 aromatic heterocycles. The Labute approximate surface area is 125 Å². The van der Waals surface area contributed by atoms with Crippen molar-refractivity contribution in [2.45, 2.75) is 45.5 Å². The van der Waals surface area contributed by atoms with Gasteiger partial charge in [-0.15, -0.1) is 0 Å². The molecule has 21 heavy (non-hydrogen) atoms. The molecular weight excluding hydrogens is 268 g/mol. The number of carboxylic acid groups (broad SMARTS) is 1. The van der Waals surface area contributed by atoms with Gasteiger partial charge in [0.15, 0.2) is 0 Å². The minimum absolute atomic E-state index is 0.00198. The van der Waals surface area contributed by atoms with E-state index in [0.29, 0.717) is 6.54 Å². The van der Waals surface area contributed by atoms with Crippen LogP contribution in [0.5, 0.6) is 0 Å². The molecule has 1 aliphatic rings. The standard InChI is InChI=1S/C16H24N2O3/c1-11-9-18(16(20)21)12(2)8-17(11)13(3)15-6-4-14(10-19)5-7-15/h4-7,11-13,19H,8-10H2,1-3H3,(H,20,21). The van der Waals surface area contributed by atoms with Crippen molar-refractivity contribution in [1.82, 2.24) is 9.80 Å². The van der Waals surface area contributed by atoms with Crippen molar-refractivity contribution in [1.29, 1.82) is 0 Å². The maximum atomic E-state index is 11.2. The van der Waals surface area contributed by atoms with Gasteiger partial charge in [0, 0.05) is 31.2 Å². The second-order valence-corrected chi connectivity index (χ2v) is 5.91. The number of aliphatic hydroxyl groups excluding tert-OH is 1. The van der Waals surface area contributed by atoms with E-state index in [2.05, 4.69) is 18.7 Å². The highest BCUT2D eigenvalue weighted by molar-refractivity contribution is 5.65. The van der Waals surface area contributed by atoms with Gasteiger partial charge in [-0.1, -0.05) is 24.3 Å². The average Bonchev–Trinajstić information content (AvgIpc) is 2.48. The summed E-state index contributed by atoms with van der Waals surface area (Å²) in [5, 5.41) is 18.3. The molecule has 116 valence electrons. The van der Waals surface area contributed by atoms with E-state index < -0.39 is 6.09 Å². The molecule has 1 saturated heterocycles. The number of piperazine rings is 1. The van der Waals surface area contributed by atoms with Gasteiger partial charge < -0.3 is 15.1 Å². The molecule has 1 aliphatic heterocycles. The van der Waals surface area contributed by atoms with Gasteiger partial charge >= 0.3 is 6.09 Å². The lowest BCUT2D eigenvalue weighted by molar-refractivity contribution is 0.0232. The fraction of sp³-hybridized carbons (Fsp3) is 0.562. The van der Waals surface area contributed by atoms with Crippen LogP contribution in [-0.4, -0.2) is 51.3 Å². The molecule has 1 fully saturated rings. The van der Waals surface area contributed by atoms with Crippen molar-refractivity contribution < 1.29 is 15.0 Å². The first-order valence-corrected chi connectivity index (χ1v) is 7.39. The molecule has 0 bridgehead atoms. The molecule has 0 saturated carbocycles. The molecule has 0 radical (unpaired) electrons. The van der Waals surface area contributed by atoms with Crippen LogP contribution in [0.4, 0.5) is 4.79 Å². The quantitative estimate of drug-likeness (QED) is 0.897. The third-order valence-electron chi connectivity index (χ3n) is 4.42. The summed E-state index contributed by atoms with van der Waals surface area (Å²) in [6, 6.07) is 8.36. The molecule has 1 aromatic rings. The van der Waals surface area contributed by atoms with Gasteiger partial charge in [0.05, 0.1) is 6.61 Å². The smallest absolute Gasteiger partial charge is 0.407 e. The van der Waals surface area contributed by atoms with Crippen LogP contribution in [0, 0.1) is 0 Å². The fourth-order valence-electron chi connectivity index (χ4n) is 3.05. The van der Waals surface area contributed by atoms with Crippen molar-refractivity contribution in [3.05, 3.63) is 35.4 Å². The molecule has 3 unspecified atom stereocenters. The van der Waals surface area contributed by atoms with Gasteiger partial charge in [-0.3, -0.25) is 4.90 Å². The lowest BCUT2D eigenvalue weighted by Gasteiger charge is -2.45. The molecular formula is C16H24N2O3. The summed E-state index contributed by atoms with van der Waals surface area (Å²) in [6.45, 7) is 7.49. The molecule has 2 N–H and O–H groups in total. The first-order chi connectivity index (χ1) is 9.93. The number of amides is 1. The SMILES string of the molecule is CC1CN(C(C)c2ccc(CO)cc2)C(C)CN1C(=O)O. The molecule has 1 aromatic carbocycles. The topological polar surface area (TPSA) is 64.0 Å². The van der Waals surface area contributed by atoms with Crippen molar-refractivity contribution in [2.24, 2.45) is 0 Å². The number of rotatable bonds is 3. The van der Waals surface area contributed by atoms with E-state index in [-0.39, 0.29) is 24.7 Å². The third-order valence-corrected chi connectivity index (χ3v) is 4.42. The van der Waals surface area contributed by atoms with E-state index >= 15 is 0 Å². The Balaban J connectivity index is 2.11. The van der Waals surface area contributed by atoms with E-state index in [1.165, 1.54) is 10.5 Å². The minimum atomic E-state index is -0.839. The van der Waals surface area contributed by atoms with Crippen molar-refractivity contribution in [2.75, 3.05) is 13.1 Å². The zero-order chi connectivity index (χ0) is 15.6. The summed E-state index contributed by atoms with van der Waals surface area (Å²) in [5.74, 6) is 0. The summed E-state index contributed by atoms with van der Waals surface area (Å²) in [5.41, 5.74) is 2.10. The van der Waals surface area contributed by atoms with Crippen LogP contribution in [0.25, 0.3) is 0 Å². The number of nitrogens with zero attached hydrogens (tertiary/aromatic N) is 2. The van der Waals surface area contributed by atoms with Gasteiger partial charge in [0.2, 0.25) is 0 Å². The summed E-state index contributed by atoms with van der Waals surface area (Å²) >= 11 is 0. The fourth-order valence-corrected chi connectivity index (χ4v) is 3.05. The van der Waals surface area contributed by atoms with Crippen molar-refractivity contribution in [3.63, 3.8) is 0 Å². The number of benzene rings is 1. The maximum Gasteiger partial charge on any atom is 0.407 e. The largest absolute Gasteiger partial charge is 0.465 e. The molecule has 3 atom stereocenters. The van der Waals surface area contributed by atoms with E-state index in [4.69, 9.17) is 5.11 Å². The second-order valence-electron chi connectivity index (χ2n) is 5.91. The average molecular weight is 292 g/mol. The summed E-state index contributed by atoms with van der Waals surface area (Å²) < 4.78 is 0. The van der Waals surface area contributed by atoms with E-state index in [9.17, 15) is 9.90 Å². The Morgan fingerprint density at radius 3 is 2.38 bits per heavy atom. The first kappa shape index (κ1) is 15.8. The van der Waals surface area contributed by atoms with Crippen LogP contribution in [0.2, 0.25) is 0 Å². The summed E-state index contributed by atoms with van der Waals surface area (Å²) in [6.07, 6.45) is -0.839. The Hall–Kier alpha value is -1.59. The normalized spacial score (nSPS) is 24.9. The summed E-state index contributed by atoms with van der Waals surface area (Å²) in [4.78, 5) is 15.1. The lowest BCUT2D eigenvalue weighted by atomic mass is 10.0. The molecule has 5 nitrogen and oxygen atoms in total. The molecule has 1 amide bonds. The minimum Gasteiger partial charge on any atom is -0.465 e.